The Morgan fingerprint density at radius 1 is 1.35 bits per heavy atom. The smallest absolute Gasteiger partial charge is 0.244 e. The molecule has 6 nitrogen and oxygen atoms in total. The van der Waals surface area contributed by atoms with Crippen LogP contribution in [0.25, 0.3) is 0 Å². The molecule has 1 aliphatic rings. The van der Waals surface area contributed by atoms with Crippen LogP contribution in [0.5, 0.6) is 0 Å². The van der Waals surface area contributed by atoms with E-state index >= 15 is 0 Å². The monoisotopic (exact) mass is 305 g/mol. The van der Waals surface area contributed by atoms with Crippen molar-refractivity contribution in [3.8, 4) is 0 Å². The molecule has 1 unspecified atom stereocenters. The van der Waals surface area contributed by atoms with Gasteiger partial charge in [0.15, 0.2) is 5.82 Å². The summed E-state index contributed by atoms with van der Waals surface area (Å²) < 4.78 is 52.9. The Balaban J connectivity index is 2.31. The minimum Gasteiger partial charge on any atom is -0.394 e. The highest BCUT2D eigenvalue weighted by Gasteiger charge is 2.30. The molecular weight excluding hydrogens is 292 g/mol. The van der Waals surface area contributed by atoms with E-state index in [9.17, 15) is 22.0 Å². The van der Waals surface area contributed by atoms with Crippen LogP contribution in [0.2, 0.25) is 0 Å². The number of amides is 1. The molecule has 2 rings (SSSR count). The fourth-order valence-corrected chi connectivity index (χ4v) is 3.21. The van der Waals surface area contributed by atoms with E-state index < -0.39 is 44.2 Å². The molecule has 0 saturated carbocycles. The zero-order valence-corrected chi connectivity index (χ0v) is 11.1. The second-order valence-electron chi connectivity index (χ2n) is 4.38. The molecule has 4 N–H and O–H groups in total. The van der Waals surface area contributed by atoms with Crippen molar-refractivity contribution < 1.29 is 22.0 Å². The molecule has 1 heterocycles. The molecule has 0 radical (unpaired) electrons. The van der Waals surface area contributed by atoms with Crippen LogP contribution in [0.1, 0.15) is 12.8 Å². The fraction of sp³-hybridized carbons (Fsp3) is 0.364. The lowest BCUT2D eigenvalue weighted by molar-refractivity contribution is -0.124. The Hall–Kier alpha value is -1.74. The van der Waals surface area contributed by atoms with Crippen molar-refractivity contribution in [2.24, 2.45) is 0 Å². The zero-order valence-electron chi connectivity index (χ0n) is 10.3. The molecule has 1 aromatic rings. The van der Waals surface area contributed by atoms with Crippen LogP contribution in [0.15, 0.2) is 17.0 Å². The van der Waals surface area contributed by atoms with Gasteiger partial charge in [-0.25, -0.2) is 17.2 Å². The molecule has 0 aliphatic carbocycles. The number of nitrogen functional groups attached to an aromatic ring is 1. The molecular formula is C11H13F2N3O3S. The molecule has 1 atom stereocenters. The third-order valence-electron chi connectivity index (χ3n) is 2.96. The molecule has 1 aromatic carbocycles. The summed E-state index contributed by atoms with van der Waals surface area (Å²) >= 11 is 0. The number of hydrogen-bond acceptors (Lipinski definition) is 4. The number of halogens is 2. The summed E-state index contributed by atoms with van der Waals surface area (Å²) in [6.45, 7) is 0.467. The lowest BCUT2D eigenvalue weighted by atomic mass is 10.1. The van der Waals surface area contributed by atoms with Gasteiger partial charge in [0.1, 0.15) is 22.4 Å². The minimum absolute atomic E-state index is 0.309. The highest BCUT2D eigenvalue weighted by atomic mass is 32.2. The molecule has 1 aliphatic heterocycles. The number of hydrogen-bond donors (Lipinski definition) is 3. The maximum atomic E-state index is 13.7. The number of anilines is 1. The Kier molecular flexibility index (Phi) is 3.91. The average Bonchev–Trinajstić information content (AvgIpc) is 2.38. The first-order chi connectivity index (χ1) is 9.33. The number of piperidine rings is 1. The quantitative estimate of drug-likeness (QED) is 0.690. The highest BCUT2D eigenvalue weighted by Crippen LogP contribution is 2.23. The van der Waals surface area contributed by atoms with Crippen molar-refractivity contribution in [1.82, 2.24) is 10.0 Å². The predicted octanol–water partition coefficient (Wildman–Crippen LogP) is 0.104. The van der Waals surface area contributed by atoms with Crippen LogP contribution in [0, 0.1) is 11.6 Å². The SMILES string of the molecule is Nc1c(F)ccc(S(=O)(=O)NC2CCCNC2=O)c1F. The van der Waals surface area contributed by atoms with Crippen molar-refractivity contribution in [3.63, 3.8) is 0 Å². The third-order valence-corrected chi connectivity index (χ3v) is 4.45. The zero-order chi connectivity index (χ0) is 14.9. The van der Waals surface area contributed by atoms with E-state index in [1.807, 2.05) is 0 Å². The first kappa shape index (κ1) is 14.7. The number of nitrogens with one attached hydrogen (secondary N) is 2. The van der Waals surface area contributed by atoms with Gasteiger partial charge in [0.25, 0.3) is 0 Å². The van der Waals surface area contributed by atoms with E-state index in [4.69, 9.17) is 5.73 Å². The van der Waals surface area contributed by atoms with Crippen molar-refractivity contribution >= 4 is 21.6 Å². The molecule has 20 heavy (non-hydrogen) atoms. The summed E-state index contributed by atoms with van der Waals surface area (Å²) in [7, 11) is -4.30. The number of nitrogens with two attached hydrogens (primary N) is 1. The van der Waals surface area contributed by atoms with Crippen LogP contribution in [-0.2, 0) is 14.8 Å². The van der Waals surface area contributed by atoms with Gasteiger partial charge in [-0.3, -0.25) is 4.79 Å². The fourth-order valence-electron chi connectivity index (χ4n) is 1.89. The van der Waals surface area contributed by atoms with Crippen molar-refractivity contribution in [2.45, 2.75) is 23.8 Å². The van der Waals surface area contributed by atoms with E-state index in [1.165, 1.54) is 0 Å². The van der Waals surface area contributed by atoms with Crippen molar-refractivity contribution in [3.05, 3.63) is 23.8 Å². The molecule has 0 aromatic heterocycles. The summed E-state index contributed by atoms with van der Waals surface area (Å²) in [5.74, 6) is -2.89. The maximum Gasteiger partial charge on any atom is 0.244 e. The van der Waals surface area contributed by atoms with Gasteiger partial charge >= 0.3 is 0 Å². The lowest BCUT2D eigenvalue weighted by Crippen LogP contribution is -2.50. The summed E-state index contributed by atoms with van der Waals surface area (Å²) in [5, 5.41) is 2.50. The molecule has 110 valence electrons. The number of benzene rings is 1. The molecule has 1 saturated heterocycles. The highest BCUT2D eigenvalue weighted by molar-refractivity contribution is 7.89. The Morgan fingerprint density at radius 2 is 2.05 bits per heavy atom. The molecule has 9 heteroatoms. The lowest BCUT2D eigenvalue weighted by Gasteiger charge is -2.22. The van der Waals surface area contributed by atoms with Crippen molar-refractivity contribution in [1.29, 1.82) is 0 Å². The Bertz CT molecular complexity index is 649. The van der Waals surface area contributed by atoms with Crippen LogP contribution in [-0.4, -0.2) is 26.9 Å². The second kappa shape index (κ2) is 5.33. The van der Waals surface area contributed by atoms with Crippen LogP contribution in [0.4, 0.5) is 14.5 Å². The number of carbonyl (C=O) groups is 1. The predicted molar refractivity (Wildman–Crippen MR) is 67.1 cm³/mol. The first-order valence-electron chi connectivity index (χ1n) is 5.86. The van der Waals surface area contributed by atoms with Gasteiger partial charge in [-0.2, -0.15) is 4.72 Å². The van der Waals surface area contributed by atoms with Crippen molar-refractivity contribution in [2.75, 3.05) is 12.3 Å². The second-order valence-corrected chi connectivity index (χ2v) is 6.06. The van der Waals surface area contributed by atoms with Gasteiger partial charge in [0.05, 0.1) is 0 Å². The summed E-state index contributed by atoms with van der Waals surface area (Å²) in [6, 6.07) is 0.553. The van der Waals surface area contributed by atoms with E-state index in [-0.39, 0.29) is 0 Å². The largest absolute Gasteiger partial charge is 0.394 e. The van der Waals surface area contributed by atoms with Crippen LogP contribution < -0.4 is 15.8 Å². The van der Waals surface area contributed by atoms with E-state index in [0.717, 1.165) is 12.1 Å². The van der Waals surface area contributed by atoms with Gasteiger partial charge in [0.2, 0.25) is 15.9 Å². The Labute approximate surface area is 114 Å². The molecule has 1 amide bonds. The number of carbonyl (C=O) groups excluding carboxylic acids is 1. The number of sulfonamides is 1. The van der Waals surface area contributed by atoms with Gasteiger partial charge in [0, 0.05) is 6.54 Å². The summed E-state index contributed by atoms with van der Waals surface area (Å²) in [4.78, 5) is 10.7. The Morgan fingerprint density at radius 3 is 2.70 bits per heavy atom. The normalized spacial score (nSPS) is 19.7. The maximum absolute atomic E-state index is 13.7. The number of rotatable bonds is 3. The van der Waals surface area contributed by atoms with Crippen LogP contribution in [0.3, 0.4) is 0 Å². The first-order valence-corrected chi connectivity index (χ1v) is 7.35. The van der Waals surface area contributed by atoms with E-state index in [1.54, 1.807) is 0 Å². The topological polar surface area (TPSA) is 101 Å². The van der Waals surface area contributed by atoms with E-state index in [2.05, 4.69) is 10.0 Å². The average molecular weight is 305 g/mol. The van der Waals surface area contributed by atoms with Gasteiger partial charge < -0.3 is 11.1 Å². The molecule has 0 spiro atoms. The molecule has 0 bridgehead atoms. The van der Waals surface area contributed by atoms with E-state index in [0.29, 0.717) is 19.4 Å². The van der Waals surface area contributed by atoms with Gasteiger partial charge in [-0.05, 0) is 25.0 Å². The minimum atomic E-state index is -4.30. The van der Waals surface area contributed by atoms with Gasteiger partial charge in [-0.1, -0.05) is 0 Å². The summed E-state index contributed by atoms with van der Waals surface area (Å²) in [5.41, 5.74) is 4.24. The van der Waals surface area contributed by atoms with Crippen LogP contribution >= 0.6 is 0 Å². The van der Waals surface area contributed by atoms with Gasteiger partial charge in [-0.15, -0.1) is 0 Å². The summed E-state index contributed by atoms with van der Waals surface area (Å²) in [6.07, 6.45) is 0.913. The standard InChI is InChI=1S/C11H13F2N3O3S/c12-6-3-4-8(9(13)10(6)14)20(18,19)16-7-2-1-5-15-11(7)17/h3-4,7,16H,1-2,5,14H2,(H,15,17). The molecule has 1 fully saturated rings. The third kappa shape index (κ3) is 2.73.